The van der Waals surface area contributed by atoms with E-state index < -0.39 is 10.1 Å². The fraction of sp³-hybridized carbons (Fsp3) is 0.500. The Kier molecular flexibility index (Phi) is 2.20. The average molecular weight is 190 g/mol. The van der Waals surface area contributed by atoms with E-state index in [1.807, 2.05) is 6.92 Å². The van der Waals surface area contributed by atoms with Gasteiger partial charge in [0.25, 0.3) is 0 Å². The highest BCUT2D eigenvalue weighted by atomic mass is 32.2. The van der Waals surface area contributed by atoms with Crippen molar-refractivity contribution in [3.05, 3.63) is 11.5 Å². The SMILES string of the molecule is CCc1nc(S(=O)(=O)O)c(C)[nH]1. The Bertz CT molecular complexity index is 379. The van der Waals surface area contributed by atoms with Gasteiger partial charge in [0.05, 0.1) is 5.69 Å². The smallest absolute Gasteiger partial charge is 0.313 e. The number of aromatic nitrogens is 2. The van der Waals surface area contributed by atoms with E-state index in [4.69, 9.17) is 4.55 Å². The van der Waals surface area contributed by atoms with E-state index in [0.29, 0.717) is 17.9 Å². The molecule has 5 nitrogen and oxygen atoms in total. The summed E-state index contributed by atoms with van der Waals surface area (Å²) >= 11 is 0. The predicted molar refractivity (Wildman–Crippen MR) is 42.5 cm³/mol. The monoisotopic (exact) mass is 190 g/mol. The maximum atomic E-state index is 10.7. The Labute approximate surface area is 70.6 Å². The second kappa shape index (κ2) is 2.87. The van der Waals surface area contributed by atoms with Crippen LogP contribution in [-0.4, -0.2) is 22.9 Å². The Morgan fingerprint density at radius 3 is 2.42 bits per heavy atom. The molecule has 12 heavy (non-hydrogen) atoms. The van der Waals surface area contributed by atoms with Crippen LogP contribution in [0.15, 0.2) is 5.03 Å². The minimum Gasteiger partial charge on any atom is -0.345 e. The number of rotatable bonds is 2. The molecule has 0 spiro atoms. The van der Waals surface area contributed by atoms with E-state index in [-0.39, 0.29) is 5.03 Å². The minimum absolute atomic E-state index is 0.278. The molecule has 0 saturated carbocycles. The summed E-state index contributed by atoms with van der Waals surface area (Å²) in [6, 6.07) is 0. The maximum Gasteiger partial charge on any atom is 0.313 e. The molecule has 0 saturated heterocycles. The van der Waals surface area contributed by atoms with Crippen LogP contribution in [0.3, 0.4) is 0 Å². The standard InChI is InChI=1S/C6H10N2O3S/c1-3-5-7-4(2)6(8-5)12(9,10)11/h3H2,1-2H3,(H,7,8)(H,9,10,11). The van der Waals surface area contributed by atoms with Crippen LogP contribution in [0.4, 0.5) is 0 Å². The molecule has 0 aromatic carbocycles. The van der Waals surface area contributed by atoms with Crippen LogP contribution in [0.1, 0.15) is 18.4 Å². The van der Waals surface area contributed by atoms with Gasteiger partial charge in [-0.05, 0) is 6.92 Å². The summed E-state index contributed by atoms with van der Waals surface area (Å²) in [5, 5.41) is -0.278. The molecule has 1 heterocycles. The Morgan fingerprint density at radius 2 is 2.17 bits per heavy atom. The number of nitrogens with zero attached hydrogens (tertiary/aromatic N) is 1. The Hall–Kier alpha value is -0.880. The van der Waals surface area contributed by atoms with Gasteiger partial charge in [-0.15, -0.1) is 0 Å². The second-order valence-corrected chi connectivity index (χ2v) is 3.78. The van der Waals surface area contributed by atoms with Crippen molar-refractivity contribution in [2.45, 2.75) is 25.3 Å². The van der Waals surface area contributed by atoms with Gasteiger partial charge in [0.2, 0.25) is 5.03 Å². The molecule has 0 fully saturated rings. The summed E-state index contributed by atoms with van der Waals surface area (Å²) < 4.78 is 30.0. The van der Waals surface area contributed by atoms with Crippen molar-refractivity contribution in [2.24, 2.45) is 0 Å². The third-order valence-electron chi connectivity index (χ3n) is 1.47. The van der Waals surface area contributed by atoms with Gasteiger partial charge in [0.1, 0.15) is 5.82 Å². The van der Waals surface area contributed by atoms with Gasteiger partial charge in [-0.1, -0.05) is 6.92 Å². The summed E-state index contributed by atoms with van der Waals surface area (Å²) in [6.45, 7) is 3.39. The quantitative estimate of drug-likeness (QED) is 0.666. The lowest BCUT2D eigenvalue weighted by atomic mass is 10.5. The first-order valence-corrected chi connectivity index (χ1v) is 4.92. The number of aromatic amines is 1. The van der Waals surface area contributed by atoms with Crippen molar-refractivity contribution in [2.75, 3.05) is 0 Å². The molecule has 0 atom stereocenters. The predicted octanol–water partition coefficient (Wildman–Crippen LogP) is 0.527. The highest BCUT2D eigenvalue weighted by Gasteiger charge is 2.17. The van der Waals surface area contributed by atoms with Crippen LogP contribution in [0.25, 0.3) is 0 Å². The third kappa shape index (κ3) is 1.64. The van der Waals surface area contributed by atoms with E-state index >= 15 is 0 Å². The van der Waals surface area contributed by atoms with Gasteiger partial charge in [-0.2, -0.15) is 8.42 Å². The largest absolute Gasteiger partial charge is 0.345 e. The topological polar surface area (TPSA) is 83.1 Å². The maximum absolute atomic E-state index is 10.7. The van der Waals surface area contributed by atoms with E-state index in [1.165, 1.54) is 0 Å². The lowest BCUT2D eigenvalue weighted by molar-refractivity contribution is 0.479. The molecule has 0 aliphatic rings. The molecule has 0 radical (unpaired) electrons. The summed E-state index contributed by atoms with van der Waals surface area (Å²) in [6.07, 6.45) is 0.607. The van der Waals surface area contributed by atoms with Crippen molar-refractivity contribution in [1.29, 1.82) is 0 Å². The molecule has 2 N–H and O–H groups in total. The fourth-order valence-corrected chi connectivity index (χ4v) is 1.59. The van der Waals surface area contributed by atoms with Crippen molar-refractivity contribution >= 4 is 10.1 Å². The molecular weight excluding hydrogens is 180 g/mol. The number of imidazole rings is 1. The molecule has 68 valence electrons. The van der Waals surface area contributed by atoms with Gasteiger partial charge >= 0.3 is 10.1 Å². The van der Waals surface area contributed by atoms with Gasteiger partial charge in [-0.25, -0.2) is 4.98 Å². The molecule has 0 aliphatic carbocycles. The molecule has 6 heteroatoms. The zero-order valence-corrected chi connectivity index (χ0v) is 7.64. The van der Waals surface area contributed by atoms with Crippen molar-refractivity contribution in [3.8, 4) is 0 Å². The van der Waals surface area contributed by atoms with Crippen LogP contribution >= 0.6 is 0 Å². The lowest BCUT2D eigenvalue weighted by Crippen LogP contribution is -2.00. The number of aryl methyl sites for hydroxylation is 2. The minimum atomic E-state index is -4.17. The highest BCUT2D eigenvalue weighted by molar-refractivity contribution is 7.85. The number of hydrogen-bond donors (Lipinski definition) is 2. The summed E-state index contributed by atoms with van der Waals surface area (Å²) in [5.41, 5.74) is 0.370. The molecule has 1 aromatic rings. The highest BCUT2D eigenvalue weighted by Crippen LogP contribution is 2.11. The number of hydrogen-bond acceptors (Lipinski definition) is 3. The van der Waals surface area contributed by atoms with Gasteiger partial charge in [-0.3, -0.25) is 4.55 Å². The zero-order chi connectivity index (χ0) is 9.35. The van der Waals surface area contributed by atoms with Gasteiger partial charge in [0, 0.05) is 6.42 Å². The molecule has 0 bridgehead atoms. The first kappa shape index (κ1) is 9.21. The summed E-state index contributed by atoms with van der Waals surface area (Å²) in [4.78, 5) is 6.46. The van der Waals surface area contributed by atoms with Gasteiger partial charge < -0.3 is 4.98 Å². The van der Waals surface area contributed by atoms with E-state index in [0.717, 1.165) is 0 Å². The van der Waals surface area contributed by atoms with Crippen LogP contribution in [0.5, 0.6) is 0 Å². The van der Waals surface area contributed by atoms with Crippen LogP contribution in [0, 0.1) is 6.92 Å². The third-order valence-corrected chi connectivity index (χ3v) is 2.35. The molecular formula is C6H10N2O3S. The fourth-order valence-electron chi connectivity index (χ4n) is 0.923. The Morgan fingerprint density at radius 1 is 1.58 bits per heavy atom. The number of H-pyrrole nitrogens is 1. The first-order valence-electron chi connectivity index (χ1n) is 3.48. The number of nitrogens with one attached hydrogen (secondary N) is 1. The second-order valence-electron chi connectivity index (χ2n) is 2.44. The molecule has 1 rings (SSSR count). The molecule has 0 aliphatic heterocycles. The zero-order valence-electron chi connectivity index (χ0n) is 6.83. The van der Waals surface area contributed by atoms with Crippen molar-refractivity contribution in [3.63, 3.8) is 0 Å². The van der Waals surface area contributed by atoms with Crippen LogP contribution < -0.4 is 0 Å². The van der Waals surface area contributed by atoms with Gasteiger partial charge in [0.15, 0.2) is 0 Å². The van der Waals surface area contributed by atoms with Crippen LogP contribution in [-0.2, 0) is 16.5 Å². The van der Waals surface area contributed by atoms with Crippen molar-refractivity contribution in [1.82, 2.24) is 9.97 Å². The first-order chi connectivity index (χ1) is 5.45. The Balaban J connectivity index is 3.27. The molecule has 1 aromatic heterocycles. The lowest BCUT2D eigenvalue weighted by Gasteiger charge is -1.89. The van der Waals surface area contributed by atoms with E-state index in [1.54, 1.807) is 6.92 Å². The van der Waals surface area contributed by atoms with Crippen molar-refractivity contribution < 1.29 is 13.0 Å². The van der Waals surface area contributed by atoms with Crippen LogP contribution in [0.2, 0.25) is 0 Å². The summed E-state index contributed by atoms with van der Waals surface area (Å²) in [7, 11) is -4.17. The normalized spacial score (nSPS) is 11.9. The summed E-state index contributed by atoms with van der Waals surface area (Å²) in [5.74, 6) is 0.556. The average Bonchev–Trinajstić information content (AvgIpc) is 2.29. The molecule has 0 amide bonds. The van der Waals surface area contributed by atoms with E-state index in [9.17, 15) is 8.42 Å². The van der Waals surface area contributed by atoms with E-state index in [2.05, 4.69) is 9.97 Å². The molecule has 0 unspecified atom stereocenters.